The molecule has 1 aliphatic rings. The van der Waals surface area contributed by atoms with Crippen LogP contribution in [0.1, 0.15) is 42.8 Å². The van der Waals surface area contributed by atoms with Crippen LogP contribution in [0.15, 0.2) is 22.0 Å². The monoisotopic (exact) mass is 306 g/mol. The van der Waals surface area contributed by atoms with Crippen LogP contribution in [-0.4, -0.2) is 31.1 Å². The lowest BCUT2D eigenvalue weighted by atomic mass is 9.97. The van der Waals surface area contributed by atoms with E-state index in [1.54, 1.807) is 16.9 Å². The fraction of sp³-hybridized carbons (Fsp3) is 0.625. The molecule has 0 bridgehead atoms. The Kier molecular flexibility index (Phi) is 6.73. The first kappa shape index (κ1) is 16.0. The van der Waals surface area contributed by atoms with Gasteiger partial charge in [-0.2, -0.15) is 0 Å². The van der Waals surface area contributed by atoms with Crippen molar-refractivity contribution in [3.63, 3.8) is 0 Å². The second-order valence-corrected chi connectivity index (χ2v) is 6.45. The minimum atomic E-state index is 0.867. The van der Waals surface area contributed by atoms with Crippen LogP contribution in [0.5, 0.6) is 0 Å². The van der Waals surface area contributed by atoms with Crippen molar-refractivity contribution in [2.75, 3.05) is 20.1 Å². The number of nitrogens with one attached hydrogen (secondary N) is 2. The molecule has 0 atom stereocenters. The van der Waals surface area contributed by atoms with Gasteiger partial charge < -0.3 is 10.6 Å². The maximum Gasteiger partial charge on any atom is 0.190 e. The van der Waals surface area contributed by atoms with Gasteiger partial charge in [0, 0.05) is 31.9 Å². The molecule has 21 heavy (non-hydrogen) atoms. The summed E-state index contributed by atoms with van der Waals surface area (Å²) < 4.78 is 0. The van der Waals surface area contributed by atoms with Gasteiger partial charge in [-0.15, -0.1) is 11.3 Å². The number of guanidine groups is 1. The van der Waals surface area contributed by atoms with Crippen molar-refractivity contribution in [1.82, 2.24) is 15.6 Å². The molecule has 4 nitrogen and oxygen atoms in total. The van der Waals surface area contributed by atoms with Crippen LogP contribution in [0.4, 0.5) is 0 Å². The molecule has 0 radical (unpaired) electrons. The van der Waals surface area contributed by atoms with E-state index in [9.17, 15) is 0 Å². The summed E-state index contributed by atoms with van der Waals surface area (Å²) in [4.78, 5) is 8.73. The molecule has 1 aromatic heterocycles. The Bertz CT molecular complexity index is 490. The molecule has 0 saturated carbocycles. The topological polar surface area (TPSA) is 49.3 Å². The van der Waals surface area contributed by atoms with Crippen molar-refractivity contribution in [1.29, 1.82) is 0 Å². The highest BCUT2D eigenvalue weighted by Gasteiger charge is 2.04. The number of hydrogen-bond donors (Lipinski definition) is 2. The average Bonchev–Trinajstić information content (AvgIpc) is 2.92. The van der Waals surface area contributed by atoms with E-state index in [-0.39, 0.29) is 0 Å². The second-order valence-electron chi connectivity index (χ2n) is 5.39. The highest BCUT2D eigenvalue weighted by molar-refractivity contribution is 7.09. The number of nitrogens with zero attached hydrogens (tertiary/aromatic N) is 2. The van der Waals surface area contributed by atoms with Gasteiger partial charge >= 0.3 is 0 Å². The lowest BCUT2D eigenvalue weighted by Crippen LogP contribution is -2.38. The van der Waals surface area contributed by atoms with Gasteiger partial charge in [0.25, 0.3) is 0 Å². The minimum Gasteiger partial charge on any atom is -0.356 e. The van der Waals surface area contributed by atoms with Crippen LogP contribution in [0.3, 0.4) is 0 Å². The highest BCUT2D eigenvalue weighted by atomic mass is 32.1. The Balaban J connectivity index is 1.62. The van der Waals surface area contributed by atoms with Crippen LogP contribution < -0.4 is 10.6 Å². The number of rotatable bonds is 6. The molecule has 0 fully saturated rings. The molecular formula is C16H26N4S. The number of hydrogen-bond acceptors (Lipinski definition) is 3. The smallest absolute Gasteiger partial charge is 0.190 e. The number of aliphatic imine (C=N–C) groups is 1. The Hall–Kier alpha value is -1.36. The summed E-state index contributed by atoms with van der Waals surface area (Å²) >= 11 is 1.71. The maximum absolute atomic E-state index is 4.47. The zero-order valence-electron chi connectivity index (χ0n) is 13.1. The Morgan fingerprint density at radius 2 is 2.10 bits per heavy atom. The predicted octanol–water partition coefficient (Wildman–Crippen LogP) is 3.05. The SMILES string of the molecule is CN=C(NCCC1=CCCCC1)NCCc1csc(C)n1. The molecule has 0 aliphatic heterocycles. The maximum atomic E-state index is 4.47. The van der Waals surface area contributed by atoms with E-state index < -0.39 is 0 Å². The van der Waals surface area contributed by atoms with E-state index >= 15 is 0 Å². The fourth-order valence-corrected chi connectivity index (χ4v) is 3.17. The van der Waals surface area contributed by atoms with Gasteiger partial charge in [0.15, 0.2) is 5.96 Å². The number of aryl methyl sites for hydroxylation is 1. The van der Waals surface area contributed by atoms with Crippen LogP contribution in [0.25, 0.3) is 0 Å². The number of aromatic nitrogens is 1. The van der Waals surface area contributed by atoms with Crippen LogP contribution in [-0.2, 0) is 6.42 Å². The first-order valence-electron chi connectivity index (χ1n) is 7.81. The lowest BCUT2D eigenvalue weighted by molar-refractivity contribution is 0.665. The summed E-state index contributed by atoms with van der Waals surface area (Å²) in [6.07, 6.45) is 9.72. The molecule has 2 rings (SSSR count). The normalized spacial score (nSPS) is 15.7. The molecule has 1 heterocycles. The predicted molar refractivity (Wildman–Crippen MR) is 91.1 cm³/mol. The van der Waals surface area contributed by atoms with Crippen molar-refractivity contribution in [2.24, 2.45) is 4.99 Å². The van der Waals surface area contributed by atoms with Gasteiger partial charge in [-0.3, -0.25) is 4.99 Å². The van der Waals surface area contributed by atoms with E-state index in [0.717, 1.165) is 42.6 Å². The minimum absolute atomic E-state index is 0.867. The standard InChI is InChI=1S/C16H26N4S/c1-13-20-15(12-21-13)9-11-19-16(17-2)18-10-8-14-6-4-3-5-7-14/h6,12H,3-5,7-11H2,1-2H3,(H2,17,18,19). The summed E-state index contributed by atoms with van der Waals surface area (Å²) in [5.74, 6) is 0.887. The third-order valence-electron chi connectivity index (χ3n) is 3.69. The van der Waals surface area contributed by atoms with Gasteiger partial charge in [-0.25, -0.2) is 4.98 Å². The van der Waals surface area contributed by atoms with E-state index in [1.165, 1.54) is 25.7 Å². The fourth-order valence-electron chi connectivity index (χ4n) is 2.53. The molecule has 1 aromatic rings. The van der Waals surface area contributed by atoms with Gasteiger partial charge in [0.2, 0.25) is 0 Å². The third-order valence-corrected chi connectivity index (χ3v) is 4.51. The Morgan fingerprint density at radius 3 is 2.71 bits per heavy atom. The van der Waals surface area contributed by atoms with Crippen molar-refractivity contribution in [2.45, 2.75) is 45.4 Å². The molecule has 2 N–H and O–H groups in total. The zero-order chi connectivity index (χ0) is 14.9. The van der Waals surface area contributed by atoms with Crippen LogP contribution in [0.2, 0.25) is 0 Å². The first-order valence-corrected chi connectivity index (χ1v) is 8.69. The van der Waals surface area contributed by atoms with Crippen molar-refractivity contribution >= 4 is 17.3 Å². The molecule has 0 spiro atoms. The van der Waals surface area contributed by atoms with Gasteiger partial charge in [-0.1, -0.05) is 11.6 Å². The van der Waals surface area contributed by atoms with Crippen molar-refractivity contribution < 1.29 is 0 Å². The highest BCUT2D eigenvalue weighted by Crippen LogP contribution is 2.19. The Morgan fingerprint density at radius 1 is 1.29 bits per heavy atom. The van der Waals surface area contributed by atoms with E-state index in [0.29, 0.717) is 0 Å². The van der Waals surface area contributed by atoms with Crippen LogP contribution >= 0.6 is 11.3 Å². The summed E-state index contributed by atoms with van der Waals surface area (Å²) in [6.45, 7) is 3.87. The lowest BCUT2D eigenvalue weighted by Gasteiger charge is -2.15. The largest absolute Gasteiger partial charge is 0.356 e. The molecule has 0 unspecified atom stereocenters. The molecule has 116 valence electrons. The molecule has 0 aromatic carbocycles. The average molecular weight is 306 g/mol. The van der Waals surface area contributed by atoms with E-state index in [1.807, 2.05) is 14.0 Å². The molecule has 0 saturated heterocycles. The Labute approximate surface area is 131 Å². The third kappa shape index (κ3) is 5.87. The molecule has 5 heteroatoms. The summed E-state index contributed by atoms with van der Waals surface area (Å²) in [6, 6.07) is 0. The number of allylic oxidation sites excluding steroid dienone is 1. The first-order chi connectivity index (χ1) is 10.3. The van der Waals surface area contributed by atoms with Crippen molar-refractivity contribution in [3.8, 4) is 0 Å². The zero-order valence-corrected chi connectivity index (χ0v) is 13.9. The summed E-state index contributed by atoms with van der Waals surface area (Å²) in [5, 5.41) is 10.00. The molecular weight excluding hydrogens is 280 g/mol. The summed E-state index contributed by atoms with van der Waals surface area (Å²) in [7, 11) is 1.82. The van der Waals surface area contributed by atoms with Crippen LogP contribution in [0, 0.1) is 6.92 Å². The molecule has 1 aliphatic carbocycles. The van der Waals surface area contributed by atoms with Crippen molar-refractivity contribution in [3.05, 3.63) is 27.7 Å². The van der Waals surface area contributed by atoms with E-state index in [4.69, 9.17) is 0 Å². The molecule has 0 amide bonds. The second kappa shape index (κ2) is 8.82. The number of thiazole rings is 1. The van der Waals surface area contributed by atoms with Gasteiger partial charge in [0.1, 0.15) is 0 Å². The van der Waals surface area contributed by atoms with Gasteiger partial charge in [0.05, 0.1) is 10.7 Å². The quantitative estimate of drug-likeness (QED) is 0.482. The summed E-state index contributed by atoms with van der Waals surface area (Å²) in [5.41, 5.74) is 2.76. The van der Waals surface area contributed by atoms with E-state index in [2.05, 4.69) is 32.1 Å². The van der Waals surface area contributed by atoms with Gasteiger partial charge in [-0.05, 0) is 39.0 Å².